The number of carbonyl (C=O) groups is 2. The fraction of sp³-hybridized carbons (Fsp3) is 0.294. The molecule has 0 aliphatic heterocycles. The largest absolute Gasteiger partial charge is 0.493 e. The average molecular weight is 332 g/mol. The van der Waals surface area contributed by atoms with Crippen molar-refractivity contribution in [3.05, 3.63) is 47.9 Å². The van der Waals surface area contributed by atoms with Crippen LogP contribution in [0.25, 0.3) is 0 Å². The van der Waals surface area contributed by atoms with Crippen LogP contribution < -0.4 is 20.1 Å². The molecule has 0 saturated carbocycles. The molecule has 0 fully saturated rings. The highest BCUT2D eigenvalue weighted by molar-refractivity contribution is 5.91. The second kappa shape index (κ2) is 8.61. The molecular weight excluding hydrogens is 312 g/mol. The lowest BCUT2D eigenvalue weighted by Crippen LogP contribution is -2.30. The van der Waals surface area contributed by atoms with Gasteiger partial charge in [0.1, 0.15) is 0 Å². The molecule has 7 heteroatoms. The lowest BCUT2D eigenvalue weighted by atomic mass is 10.2. The lowest BCUT2D eigenvalue weighted by Gasteiger charge is -2.10. The first kappa shape index (κ1) is 17.4. The molecule has 0 aliphatic carbocycles. The van der Waals surface area contributed by atoms with Gasteiger partial charge < -0.3 is 24.5 Å². The molecule has 1 aromatic heterocycles. The number of carbonyl (C=O) groups excluding carboxylic acids is 2. The SMILES string of the molecule is COc1ccc(CNC(=O)CCNC(=O)c2ccco2)cc1OC. The quantitative estimate of drug-likeness (QED) is 0.768. The molecule has 2 rings (SSSR count). The molecule has 0 atom stereocenters. The van der Waals surface area contributed by atoms with Gasteiger partial charge in [0.05, 0.1) is 20.5 Å². The van der Waals surface area contributed by atoms with E-state index in [9.17, 15) is 9.59 Å². The summed E-state index contributed by atoms with van der Waals surface area (Å²) in [4.78, 5) is 23.5. The Bertz CT molecular complexity index is 682. The Kier molecular flexibility index (Phi) is 6.24. The van der Waals surface area contributed by atoms with Crippen LogP contribution in [-0.4, -0.2) is 32.6 Å². The molecule has 2 N–H and O–H groups in total. The molecule has 7 nitrogen and oxygen atoms in total. The van der Waals surface area contributed by atoms with Gasteiger partial charge in [0, 0.05) is 19.5 Å². The molecule has 0 saturated heterocycles. The van der Waals surface area contributed by atoms with E-state index >= 15 is 0 Å². The van der Waals surface area contributed by atoms with Gasteiger partial charge in [-0.2, -0.15) is 0 Å². The summed E-state index contributed by atoms with van der Waals surface area (Å²) in [5.41, 5.74) is 0.889. The molecule has 0 aliphatic rings. The van der Waals surface area contributed by atoms with Crippen molar-refractivity contribution >= 4 is 11.8 Å². The van der Waals surface area contributed by atoms with Crippen molar-refractivity contribution in [2.75, 3.05) is 20.8 Å². The van der Waals surface area contributed by atoms with E-state index in [0.717, 1.165) is 5.56 Å². The fourth-order valence-electron chi connectivity index (χ4n) is 2.06. The summed E-state index contributed by atoms with van der Waals surface area (Å²) in [5, 5.41) is 5.40. The van der Waals surface area contributed by atoms with Crippen LogP contribution in [0.5, 0.6) is 11.5 Å². The van der Waals surface area contributed by atoms with Crippen molar-refractivity contribution in [2.45, 2.75) is 13.0 Å². The zero-order valence-electron chi connectivity index (χ0n) is 13.6. The maximum atomic E-state index is 11.8. The van der Waals surface area contributed by atoms with Crippen molar-refractivity contribution in [1.82, 2.24) is 10.6 Å². The van der Waals surface area contributed by atoms with Crippen molar-refractivity contribution in [1.29, 1.82) is 0 Å². The van der Waals surface area contributed by atoms with E-state index in [1.54, 1.807) is 38.5 Å². The van der Waals surface area contributed by atoms with Crippen LogP contribution in [0.3, 0.4) is 0 Å². The molecule has 0 radical (unpaired) electrons. The number of hydrogen-bond donors (Lipinski definition) is 2. The molecule has 2 amide bonds. The summed E-state index contributed by atoms with van der Waals surface area (Å²) < 4.78 is 15.3. The predicted molar refractivity (Wildman–Crippen MR) is 87.1 cm³/mol. The second-order valence-corrected chi connectivity index (χ2v) is 4.95. The van der Waals surface area contributed by atoms with E-state index in [2.05, 4.69) is 10.6 Å². The van der Waals surface area contributed by atoms with Gasteiger partial charge in [0.15, 0.2) is 17.3 Å². The maximum absolute atomic E-state index is 11.8. The number of nitrogens with one attached hydrogen (secondary N) is 2. The third kappa shape index (κ3) is 4.77. The standard InChI is InChI=1S/C17H20N2O5/c1-22-13-6-5-12(10-15(13)23-2)11-19-16(20)7-8-18-17(21)14-4-3-9-24-14/h3-6,9-10H,7-8,11H2,1-2H3,(H,18,21)(H,19,20). The van der Waals surface area contributed by atoms with Crippen LogP contribution in [0.2, 0.25) is 0 Å². The highest BCUT2D eigenvalue weighted by atomic mass is 16.5. The first-order valence-corrected chi connectivity index (χ1v) is 7.43. The summed E-state index contributed by atoms with van der Waals surface area (Å²) in [5.74, 6) is 0.959. The third-order valence-electron chi connectivity index (χ3n) is 3.32. The predicted octanol–water partition coefficient (Wildman–Crippen LogP) is 1.73. The maximum Gasteiger partial charge on any atom is 0.286 e. The summed E-state index contributed by atoms with van der Waals surface area (Å²) in [7, 11) is 3.12. The number of rotatable bonds is 8. The zero-order valence-corrected chi connectivity index (χ0v) is 13.6. The van der Waals surface area contributed by atoms with Gasteiger partial charge >= 0.3 is 0 Å². The smallest absolute Gasteiger partial charge is 0.286 e. The van der Waals surface area contributed by atoms with E-state index in [1.165, 1.54) is 6.26 Å². The number of amides is 2. The molecule has 24 heavy (non-hydrogen) atoms. The van der Waals surface area contributed by atoms with Crippen LogP contribution in [0, 0.1) is 0 Å². The van der Waals surface area contributed by atoms with E-state index in [4.69, 9.17) is 13.9 Å². The summed E-state index contributed by atoms with van der Waals surface area (Å²) in [6.07, 6.45) is 1.60. The number of hydrogen-bond acceptors (Lipinski definition) is 5. The highest BCUT2D eigenvalue weighted by Gasteiger charge is 2.09. The lowest BCUT2D eigenvalue weighted by molar-refractivity contribution is -0.121. The summed E-state index contributed by atoms with van der Waals surface area (Å²) in [6, 6.07) is 8.62. The van der Waals surface area contributed by atoms with Crippen LogP contribution >= 0.6 is 0 Å². The molecule has 2 aromatic rings. The second-order valence-electron chi connectivity index (χ2n) is 4.95. The Labute approximate surface area is 139 Å². The normalized spacial score (nSPS) is 10.1. The number of methoxy groups -OCH3 is 2. The molecule has 0 unspecified atom stereocenters. The minimum Gasteiger partial charge on any atom is -0.493 e. The minimum atomic E-state index is -0.340. The topological polar surface area (TPSA) is 89.8 Å². The summed E-state index contributed by atoms with van der Waals surface area (Å²) in [6.45, 7) is 0.600. The Balaban J connectivity index is 1.74. The molecular formula is C17H20N2O5. The molecule has 128 valence electrons. The Morgan fingerprint density at radius 1 is 1.08 bits per heavy atom. The van der Waals surface area contributed by atoms with Crippen LogP contribution in [0.15, 0.2) is 41.0 Å². The summed E-state index contributed by atoms with van der Waals surface area (Å²) >= 11 is 0. The zero-order chi connectivity index (χ0) is 17.4. The Hall–Kier alpha value is -2.96. The number of ether oxygens (including phenoxy) is 2. The monoisotopic (exact) mass is 332 g/mol. The Morgan fingerprint density at radius 3 is 2.54 bits per heavy atom. The van der Waals surface area contributed by atoms with E-state index < -0.39 is 0 Å². The first-order valence-electron chi connectivity index (χ1n) is 7.43. The third-order valence-corrected chi connectivity index (χ3v) is 3.32. The fourth-order valence-corrected chi connectivity index (χ4v) is 2.06. The van der Waals surface area contributed by atoms with Gasteiger partial charge in [-0.05, 0) is 29.8 Å². The van der Waals surface area contributed by atoms with Gasteiger partial charge in [0.25, 0.3) is 5.91 Å². The van der Waals surface area contributed by atoms with Gasteiger partial charge in [-0.3, -0.25) is 9.59 Å². The van der Waals surface area contributed by atoms with Crippen molar-refractivity contribution < 1.29 is 23.5 Å². The van der Waals surface area contributed by atoms with Crippen LogP contribution in [0.1, 0.15) is 22.5 Å². The number of furan rings is 1. The van der Waals surface area contributed by atoms with E-state index in [0.29, 0.717) is 18.0 Å². The van der Waals surface area contributed by atoms with Gasteiger partial charge in [0.2, 0.25) is 5.91 Å². The molecule has 0 bridgehead atoms. The van der Waals surface area contributed by atoms with Crippen molar-refractivity contribution in [2.24, 2.45) is 0 Å². The van der Waals surface area contributed by atoms with Crippen molar-refractivity contribution in [3.63, 3.8) is 0 Å². The van der Waals surface area contributed by atoms with Gasteiger partial charge in [-0.1, -0.05) is 6.07 Å². The first-order chi connectivity index (χ1) is 11.6. The van der Waals surface area contributed by atoms with Gasteiger partial charge in [-0.25, -0.2) is 0 Å². The van der Waals surface area contributed by atoms with Crippen molar-refractivity contribution in [3.8, 4) is 11.5 Å². The van der Waals surface area contributed by atoms with Crippen LogP contribution in [-0.2, 0) is 11.3 Å². The highest BCUT2D eigenvalue weighted by Crippen LogP contribution is 2.27. The van der Waals surface area contributed by atoms with E-state index in [-0.39, 0.29) is 30.5 Å². The van der Waals surface area contributed by atoms with Gasteiger partial charge in [-0.15, -0.1) is 0 Å². The molecule has 0 spiro atoms. The van der Waals surface area contributed by atoms with Crippen LogP contribution in [0.4, 0.5) is 0 Å². The number of benzene rings is 1. The molecule has 1 heterocycles. The average Bonchev–Trinajstić information content (AvgIpc) is 3.14. The Morgan fingerprint density at radius 2 is 1.88 bits per heavy atom. The molecule has 1 aromatic carbocycles. The minimum absolute atomic E-state index is 0.162. The van der Waals surface area contributed by atoms with E-state index in [1.807, 2.05) is 6.07 Å².